The predicted molar refractivity (Wildman–Crippen MR) is 408 cm³/mol. The van der Waals surface area contributed by atoms with E-state index in [2.05, 4.69) is 180 Å². The topological polar surface area (TPSA) is 237 Å². The van der Waals surface area contributed by atoms with E-state index in [4.69, 9.17) is 37.0 Å². The van der Waals surface area contributed by atoms with E-state index in [0.717, 1.165) is 141 Å². The van der Waals surface area contributed by atoms with E-state index in [9.17, 15) is 43.2 Å². The first-order valence-electron chi connectivity index (χ1n) is 36.7. The zero-order chi connectivity index (χ0) is 73.2. The summed E-state index contributed by atoms with van der Waals surface area (Å²) < 4.78 is 68.1. The molecule has 19 heteroatoms. The summed E-state index contributed by atoms with van der Waals surface area (Å²) in [4.78, 5) is 72.7. The van der Waals surface area contributed by atoms with Crippen molar-refractivity contribution in [1.29, 1.82) is 0 Å². The summed E-state index contributed by atoms with van der Waals surface area (Å²) in [5.74, 6) is -2.48. The van der Waals surface area contributed by atoms with Crippen molar-refractivity contribution in [1.82, 2.24) is 0 Å². The molecule has 17 nitrogen and oxygen atoms in total. The number of phosphoric ester groups is 2. The van der Waals surface area contributed by atoms with Crippen LogP contribution in [-0.2, 0) is 65.4 Å². The minimum absolute atomic E-state index is 0.0135. The molecular weight excluding hydrogens is 1310 g/mol. The highest BCUT2D eigenvalue weighted by molar-refractivity contribution is 7.47. The van der Waals surface area contributed by atoms with Crippen molar-refractivity contribution in [3.63, 3.8) is 0 Å². The van der Waals surface area contributed by atoms with Crippen LogP contribution in [0.3, 0.4) is 0 Å². The number of hydrogen-bond acceptors (Lipinski definition) is 15. The van der Waals surface area contributed by atoms with Gasteiger partial charge >= 0.3 is 39.5 Å². The van der Waals surface area contributed by atoms with Gasteiger partial charge in [0.1, 0.15) is 19.3 Å². The van der Waals surface area contributed by atoms with Crippen molar-refractivity contribution in [2.75, 3.05) is 39.6 Å². The largest absolute Gasteiger partial charge is 0.472 e. The molecule has 100 heavy (non-hydrogen) atoms. The molecule has 0 aliphatic rings. The number of hydrogen-bond donors (Lipinski definition) is 3. The number of phosphoric acid groups is 2. The summed E-state index contributed by atoms with van der Waals surface area (Å²) in [6, 6.07) is 0. The lowest BCUT2D eigenvalue weighted by molar-refractivity contribution is -0.161. The smallest absolute Gasteiger partial charge is 0.462 e. The normalized spacial score (nSPS) is 15.1. The van der Waals surface area contributed by atoms with Crippen molar-refractivity contribution in [2.24, 2.45) is 0 Å². The van der Waals surface area contributed by atoms with Gasteiger partial charge in [-0.05, 0) is 154 Å². The Morgan fingerprint density at radius 3 is 0.940 bits per heavy atom. The van der Waals surface area contributed by atoms with Crippen molar-refractivity contribution in [3.8, 4) is 0 Å². The second-order valence-electron chi connectivity index (χ2n) is 23.4. The molecule has 0 radical (unpaired) electrons. The minimum atomic E-state index is -5.02. The zero-order valence-electron chi connectivity index (χ0n) is 61.0. The van der Waals surface area contributed by atoms with E-state index in [-0.39, 0.29) is 25.7 Å². The summed E-state index contributed by atoms with van der Waals surface area (Å²) in [6.07, 6.45) is 86.2. The van der Waals surface area contributed by atoms with Gasteiger partial charge in [0, 0.05) is 19.3 Å². The van der Waals surface area contributed by atoms with Crippen LogP contribution in [0, 0.1) is 0 Å². The lowest BCUT2D eigenvalue weighted by atomic mass is 10.1. The van der Waals surface area contributed by atoms with E-state index >= 15 is 0 Å². The fourth-order valence-electron chi connectivity index (χ4n) is 8.59. The molecule has 3 N–H and O–H groups in total. The number of esters is 4. The van der Waals surface area contributed by atoms with E-state index in [1.165, 1.54) is 0 Å². The Kier molecular flexibility index (Phi) is 67.0. The highest BCUT2D eigenvalue weighted by Crippen LogP contribution is 2.45. The molecule has 0 aliphatic carbocycles. The maximum Gasteiger partial charge on any atom is 0.472 e. The van der Waals surface area contributed by atoms with Gasteiger partial charge in [0.2, 0.25) is 0 Å². The second-order valence-corrected chi connectivity index (χ2v) is 26.3. The van der Waals surface area contributed by atoms with E-state index in [1.54, 1.807) is 6.08 Å². The molecular formula is C81H126O17P2. The maximum atomic E-state index is 13.1. The van der Waals surface area contributed by atoms with Crippen LogP contribution < -0.4 is 0 Å². The molecule has 0 aromatic carbocycles. The highest BCUT2D eigenvalue weighted by Gasteiger charge is 2.30. The van der Waals surface area contributed by atoms with E-state index < -0.39 is 97.5 Å². The Labute approximate surface area is 602 Å². The van der Waals surface area contributed by atoms with Crippen LogP contribution in [0.25, 0.3) is 0 Å². The molecule has 5 unspecified atom stereocenters. The number of unbranched alkanes of at least 4 members (excludes halogenated alkanes) is 9. The first-order chi connectivity index (χ1) is 48.7. The fourth-order valence-corrected chi connectivity index (χ4v) is 10.2. The summed E-state index contributed by atoms with van der Waals surface area (Å²) in [5, 5.41) is 10.6. The number of aliphatic hydroxyl groups excluding tert-OH is 1. The third-order valence-electron chi connectivity index (χ3n) is 14.0. The Balaban J connectivity index is 5.54. The average molecular weight is 1430 g/mol. The fraction of sp³-hybridized carbons (Fsp3) is 0.556. The van der Waals surface area contributed by atoms with Crippen LogP contribution >= 0.6 is 15.6 Å². The number of ether oxygens (including phenoxy) is 4. The molecule has 0 bridgehead atoms. The summed E-state index contributed by atoms with van der Waals surface area (Å²) in [5.41, 5.74) is 0. The molecule has 0 rings (SSSR count). The Morgan fingerprint density at radius 2 is 0.570 bits per heavy atom. The van der Waals surface area contributed by atoms with Crippen molar-refractivity contribution < 1.29 is 80.2 Å². The van der Waals surface area contributed by atoms with E-state index in [1.807, 2.05) is 36.5 Å². The number of allylic oxidation sites excluding steroid dienone is 31. The lowest BCUT2D eigenvalue weighted by Gasteiger charge is -2.21. The Bertz CT molecular complexity index is 2670. The van der Waals surface area contributed by atoms with Crippen LogP contribution in [0.4, 0.5) is 0 Å². The third kappa shape index (κ3) is 70.3. The van der Waals surface area contributed by atoms with Gasteiger partial charge in [-0.3, -0.25) is 37.3 Å². The first-order valence-corrected chi connectivity index (χ1v) is 39.7. The summed E-state index contributed by atoms with van der Waals surface area (Å²) in [7, 11) is -10.0. The van der Waals surface area contributed by atoms with Gasteiger partial charge in [-0.1, -0.05) is 248 Å². The molecule has 0 heterocycles. The first kappa shape index (κ1) is 93.9. The van der Waals surface area contributed by atoms with Crippen molar-refractivity contribution in [2.45, 2.75) is 251 Å². The van der Waals surface area contributed by atoms with Crippen LogP contribution in [0.2, 0.25) is 0 Å². The van der Waals surface area contributed by atoms with Gasteiger partial charge in [0.05, 0.1) is 32.8 Å². The lowest BCUT2D eigenvalue weighted by Crippen LogP contribution is -2.30. The second kappa shape index (κ2) is 71.3. The van der Waals surface area contributed by atoms with Crippen molar-refractivity contribution >= 4 is 39.5 Å². The van der Waals surface area contributed by atoms with Gasteiger partial charge in [-0.2, -0.15) is 0 Å². The Morgan fingerprint density at radius 1 is 0.300 bits per heavy atom. The van der Waals surface area contributed by atoms with Gasteiger partial charge in [-0.15, -0.1) is 0 Å². The standard InChI is InChI=1S/C81H126O17P2/c1-5-9-13-17-21-25-29-33-36-37-40-43-46-50-54-58-62-66-79(84)92-71-76(97-80(85)67-63-59-55-51-47-41-32-28-24-20-16-12-8-4)73-95-99(87,88)93-69-75(82)70-94-100(89,90)96-74-77(98-81(86)68-64-60-56-52-48-44-39-35-31-27-23-19-15-11-7-3)72-91-78(83)65-61-57-53-49-45-42-38-34-30-26-22-18-14-10-6-2/h9-11,13-16,20-23,25-28,32-36,38-40,43,45,48-50,52,54,57,61,75-77,82H,5-8,12,17-19,24,29-31,37,41-42,44,46-47,51,53,55-56,58-60,62-74H2,1-4H3,(H,87,88)(H,89,90)/b13-9-,14-10-,15-11-,20-16-,25-21-,26-22-,27-23-,32-28-,36-33-,38-34-,39-35-,43-40-,49-45-,52-48-,54-50-,61-57-. The van der Waals surface area contributed by atoms with Crippen LogP contribution in [0.15, 0.2) is 194 Å². The summed E-state index contributed by atoms with van der Waals surface area (Å²) in [6.45, 7) is 4.15. The Hall–Kier alpha value is -6.10. The van der Waals surface area contributed by atoms with E-state index in [0.29, 0.717) is 38.5 Å². The molecule has 0 aromatic heterocycles. The minimum Gasteiger partial charge on any atom is -0.462 e. The monoisotopic (exact) mass is 1430 g/mol. The predicted octanol–water partition coefficient (Wildman–Crippen LogP) is 21.0. The highest BCUT2D eigenvalue weighted by atomic mass is 31.2. The number of carbonyl (C=O) groups excluding carboxylic acids is 4. The molecule has 0 spiro atoms. The molecule has 0 fully saturated rings. The number of aliphatic hydroxyl groups is 1. The third-order valence-corrected chi connectivity index (χ3v) is 16.0. The van der Waals surface area contributed by atoms with Crippen LogP contribution in [0.1, 0.15) is 233 Å². The molecule has 562 valence electrons. The summed E-state index contributed by atoms with van der Waals surface area (Å²) >= 11 is 0. The van der Waals surface area contributed by atoms with Gasteiger partial charge in [0.15, 0.2) is 12.2 Å². The van der Waals surface area contributed by atoms with Crippen LogP contribution in [-0.4, -0.2) is 96.7 Å². The van der Waals surface area contributed by atoms with Gasteiger partial charge in [0.25, 0.3) is 0 Å². The SMILES string of the molecule is CC/C=C\C/C=C\C/C=C\C/C=C\C/C=C\CCCC(=O)OCC(COP(=O)(O)OCC(O)COP(=O)(O)OCC(COC(=O)C/C=C\C/C=C\C/C=C\C/C=C\C/C=C\CC)OC(=O)CCCC/C=C\C/C=C\C/C=C\C/C=C\CC)OC(=O)CCCCCCC/C=C\C/C=C\CCC. The average Bonchev–Trinajstić information content (AvgIpc) is 0.965. The van der Waals surface area contributed by atoms with Crippen LogP contribution in [0.5, 0.6) is 0 Å². The maximum absolute atomic E-state index is 13.1. The molecule has 5 atom stereocenters. The molecule has 0 aliphatic heterocycles. The van der Waals surface area contributed by atoms with Gasteiger partial charge < -0.3 is 33.8 Å². The number of rotatable bonds is 66. The molecule has 0 saturated heterocycles. The van der Waals surface area contributed by atoms with Gasteiger partial charge in [-0.25, -0.2) is 9.13 Å². The van der Waals surface area contributed by atoms with Crippen molar-refractivity contribution in [3.05, 3.63) is 194 Å². The number of carbonyl (C=O) groups is 4. The quantitative estimate of drug-likeness (QED) is 0.0169. The molecule has 0 amide bonds. The zero-order valence-corrected chi connectivity index (χ0v) is 62.8. The molecule has 0 saturated carbocycles. The molecule has 0 aromatic rings.